The summed E-state index contributed by atoms with van der Waals surface area (Å²) < 4.78 is 18.7. The van der Waals surface area contributed by atoms with Crippen molar-refractivity contribution < 1.29 is 9.13 Å². The zero-order valence-electron chi connectivity index (χ0n) is 9.74. The third kappa shape index (κ3) is 3.56. The fourth-order valence-corrected chi connectivity index (χ4v) is 1.61. The SMILES string of the molecule is COC(C)CCC(NN)c1ccccc1F. The average molecular weight is 226 g/mol. The van der Waals surface area contributed by atoms with E-state index < -0.39 is 0 Å². The van der Waals surface area contributed by atoms with Crippen molar-refractivity contribution in [2.45, 2.75) is 31.9 Å². The molecule has 0 saturated carbocycles. The zero-order chi connectivity index (χ0) is 12.0. The predicted octanol–water partition coefficient (Wildman–Crippen LogP) is 2.15. The Morgan fingerprint density at radius 2 is 2.06 bits per heavy atom. The topological polar surface area (TPSA) is 47.3 Å². The van der Waals surface area contributed by atoms with Crippen molar-refractivity contribution in [3.8, 4) is 0 Å². The molecule has 0 heterocycles. The van der Waals surface area contributed by atoms with E-state index in [1.165, 1.54) is 6.07 Å². The summed E-state index contributed by atoms with van der Waals surface area (Å²) in [5.74, 6) is 5.22. The molecule has 0 aliphatic heterocycles. The van der Waals surface area contributed by atoms with Crippen molar-refractivity contribution in [1.82, 2.24) is 5.43 Å². The molecule has 2 atom stereocenters. The van der Waals surface area contributed by atoms with Gasteiger partial charge in [-0.3, -0.25) is 11.3 Å². The van der Waals surface area contributed by atoms with Gasteiger partial charge >= 0.3 is 0 Å². The predicted molar refractivity (Wildman–Crippen MR) is 62.2 cm³/mol. The molecule has 1 aromatic carbocycles. The van der Waals surface area contributed by atoms with Crippen LogP contribution < -0.4 is 11.3 Å². The number of hydrogen-bond acceptors (Lipinski definition) is 3. The number of nitrogens with two attached hydrogens (primary N) is 1. The molecule has 90 valence electrons. The lowest BCUT2D eigenvalue weighted by molar-refractivity contribution is 0.106. The number of hydrogen-bond donors (Lipinski definition) is 2. The molecule has 0 radical (unpaired) electrons. The van der Waals surface area contributed by atoms with E-state index in [9.17, 15) is 4.39 Å². The lowest BCUT2D eigenvalue weighted by atomic mass is 10.0. The van der Waals surface area contributed by atoms with Gasteiger partial charge in [-0.25, -0.2) is 4.39 Å². The first-order valence-electron chi connectivity index (χ1n) is 5.42. The summed E-state index contributed by atoms with van der Waals surface area (Å²) in [4.78, 5) is 0. The second kappa shape index (κ2) is 6.58. The summed E-state index contributed by atoms with van der Waals surface area (Å²) in [7, 11) is 1.67. The molecule has 0 saturated heterocycles. The Morgan fingerprint density at radius 3 is 2.62 bits per heavy atom. The van der Waals surface area contributed by atoms with E-state index in [1.807, 2.05) is 13.0 Å². The van der Waals surface area contributed by atoms with Crippen molar-refractivity contribution in [2.24, 2.45) is 5.84 Å². The standard InChI is InChI=1S/C12H19FN2O/c1-9(16-2)7-8-12(15-14)10-5-3-4-6-11(10)13/h3-6,9,12,15H,7-8,14H2,1-2H3. The van der Waals surface area contributed by atoms with E-state index >= 15 is 0 Å². The number of rotatable bonds is 6. The Hall–Kier alpha value is -0.970. The van der Waals surface area contributed by atoms with E-state index in [4.69, 9.17) is 10.6 Å². The lowest BCUT2D eigenvalue weighted by Gasteiger charge is -2.18. The van der Waals surface area contributed by atoms with Crippen molar-refractivity contribution in [3.63, 3.8) is 0 Å². The van der Waals surface area contributed by atoms with Crippen LogP contribution in [0.2, 0.25) is 0 Å². The van der Waals surface area contributed by atoms with E-state index in [0.717, 1.165) is 12.8 Å². The molecule has 2 unspecified atom stereocenters. The first-order valence-corrected chi connectivity index (χ1v) is 5.42. The minimum absolute atomic E-state index is 0.155. The molecular weight excluding hydrogens is 207 g/mol. The van der Waals surface area contributed by atoms with Gasteiger partial charge in [0.05, 0.1) is 6.10 Å². The molecule has 0 aliphatic carbocycles. The van der Waals surface area contributed by atoms with E-state index in [0.29, 0.717) is 5.56 Å². The highest BCUT2D eigenvalue weighted by molar-refractivity contribution is 5.20. The van der Waals surface area contributed by atoms with E-state index in [-0.39, 0.29) is 18.0 Å². The summed E-state index contributed by atoms with van der Waals surface area (Å²) >= 11 is 0. The van der Waals surface area contributed by atoms with Crippen molar-refractivity contribution in [3.05, 3.63) is 35.6 Å². The molecule has 3 N–H and O–H groups in total. The molecule has 4 heteroatoms. The Morgan fingerprint density at radius 1 is 1.38 bits per heavy atom. The maximum absolute atomic E-state index is 13.5. The van der Waals surface area contributed by atoms with Crippen molar-refractivity contribution >= 4 is 0 Å². The van der Waals surface area contributed by atoms with Crippen LogP contribution >= 0.6 is 0 Å². The number of methoxy groups -OCH3 is 1. The monoisotopic (exact) mass is 226 g/mol. The van der Waals surface area contributed by atoms with Gasteiger partial charge in [0, 0.05) is 18.7 Å². The smallest absolute Gasteiger partial charge is 0.128 e. The number of hydrazine groups is 1. The highest BCUT2D eigenvalue weighted by atomic mass is 19.1. The fourth-order valence-electron chi connectivity index (χ4n) is 1.61. The lowest BCUT2D eigenvalue weighted by Crippen LogP contribution is -2.29. The summed E-state index contributed by atoms with van der Waals surface area (Å²) in [5.41, 5.74) is 3.25. The van der Waals surface area contributed by atoms with Crippen LogP contribution in [0.15, 0.2) is 24.3 Å². The zero-order valence-corrected chi connectivity index (χ0v) is 9.74. The molecule has 1 rings (SSSR count). The van der Waals surface area contributed by atoms with Crippen LogP contribution in [0, 0.1) is 5.82 Å². The minimum atomic E-state index is -0.226. The quantitative estimate of drug-likeness (QED) is 0.577. The Labute approximate surface area is 95.8 Å². The highest BCUT2D eigenvalue weighted by Crippen LogP contribution is 2.21. The van der Waals surface area contributed by atoms with Gasteiger partial charge in [-0.2, -0.15) is 0 Å². The molecule has 0 spiro atoms. The molecule has 3 nitrogen and oxygen atoms in total. The highest BCUT2D eigenvalue weighted by Gasteiger charge is 2.14. The third-order valence-electron chi connectivity index (χ3n) is 2.75. The first-order chi connectivity index (χ1) is 7.69. The van der Waals surface area contributed by atoms with E-state index in [2.05, 4.69) is 5.43 Å². The maximum Gasteiger partial charge on any atom is 0.128 e. The number of ether oxygens (including phenoxy) is 1. The molecule has 0 amide bonds. The van der Waals surface area contributed by atoms with Gasteiger partial charge in [-0.15, -0.1) is 0 Å². The van der Waals surface area contributed by atoms with Crippen molar-refractivity contribution in [1.29, 1.82) is 0 Å². The molecule has 16 heavy (non-hydrogen) atoms. The first kappa shape index (κ1) is 13.1. The Bertz CT molecular complexity index is 320. The van der Waals surface area contributed by atoms with Crippen LogP contribution in [0.4, 0.5) is 4.39 Å². The summed E-state index contributed by atoms with van der Waals surface area (Å²) in [6.07, 6.45) is 1.73. The molecular formula is C12H19FN2O. The van der Waals surface area contributed by atoms with Gasteiger partial charge in [-0.1, -0.05) is 18.2 Å². The Kier molecular flexibility index (Phi) is 5.38. The molecule has 0 fully saturated rings. The summed E-state index contributed by atoms with van der Waals surface area (Å²) in [5, 5.41) is 0. The average Bonchev–Trinajstić information content (AvgIpc) is 2.31. The summed E-state index contributed by atoms with van der Waals surface area (Å²) in [6.45, 7) is 1.98. The van der Waals surface area contributed by atoms with Gasteiger partial charge in [0.2, 0.25) is 0 Å². The van der Waals surface area contributed by atoms with Gasteiger partial charge in [0.15, 0.2) is 0 Å². The molecule has 1 aromatic rings. The van der Waals surface area contributed by atoms with Gasteiger partial charge in [0.25, 0.3) is 0 Å². The normalized spacial score (nSPS) is 14.8. The van der Waals surface area contributed by atoms with Crippen LogP contribution in [0.1, 0.15) is 31.4 Å². The Balaban J connectivity index is 2.64. The maximum atomic E-state index is 13.5. The fraction of sp³-hybridized carbons (Fsp3) is 0.500. The number of halogens is 1. The molecule has 0 aliphatic rings. The summed E-state index contributed by atoms with van der Waals surface area (Å²) in [6, 6.07) is 6.50. The minimum Gasteiger partial charge on any atom is -0.382 e. The second-order valence-corrected chi connectivity index (χ2v) is 3.86. The number of benzene rings is 1. The van der Waals surface area contributed by atoms with Crippen molar-refractivity contribution in [2.75, 3.05) is 7.11 Å². The van der Waals surface area contributed by atoms with Crippen LogP contribution in [0.5, 0.6) is 0 Å². The number of nitrogens with one attached hydrogen (secondary N) is 1. The molecule has 0 bridgehead atoms. The van der Waals surface area contributed by atoms with Gasteiger partial charge in [0.1, 0.15) is 5.82 Å². The van der Waals surface area contributed by atoms with Gasteiger partial charge in [-0.05, 0) is 25.8 Å². The van der Waals surface area contributed by atoms with Crippen LogP contribution in [0.3, 0.4) is 0 Å². The van der Waals surface area contributed by atoms with Crippen LogP contribution in [0.25, 0.3) is 0 Å². The molecule has 0 aromatic heterocycles. The third-order valence-corrected chi connectivity index (χ3v) is 2.75. The van der Waals surface area contributed by atoms with Gasteiger partial charge < -0.3 is 4.74 Å². The second-order valence-electron chi connectivity index (χ2n) is 3.86. The largest absolute Gasteiger partial charge is 0.382 e. The van der Waals surface area contributed by atoms with Crippen LogP contribution in [-0.4, -0.2) is 13.2 Å². The van der Waals surface area contributed by atoms with Crippen LogP contribution in [-0.2, 0) is 4.74 Å². The van der Waals surface area contributed by atoms with E-state index in [1.54, 1.807) is 19.2 Å².